The van der Waals surface area contributed by atoms with Crippen LogP contribution in [0.2, 0.25) is 0 Å². The van der Waals surface area contributed by atoms with Gasteiger partial charge < -0.3 is 18.1 Å². The van der Waals surface area contributed by atoms with E-state index < -0.39 is 0 Å². The Kier molecular flexibility index (Phi) is 3.70. The summed E-state index contributed by atoms with van der Waals surface area (Å²) in [5, 5.41) is 2.43. The Morgan fingerprint density at radius 2 is 1.54 bits per heavy atom. The number of methoxy groups -OCH3 is 2. The van der Waals surface area contributed by atoms with Crippen LogP contribution in [0.3, 0.4) is 0 Å². The predicted molar refractivity (Wildman–Crippen MR) is 101 cm³/mol. The molecule has 122 valence electrons. The smallest absolute Gasteiger partial charge is 0.119 e. The van der Waals surface area contributed by atoms with Crippen molar-refractivity contribution < 1.29 is 9.47 Å². The Balaban J connectivity index is 1.77. The minimum absolute atomic E-state index is 0.476. The second-order valence-corrected chi connectivity index (χ2v) is 6.94. The first-order chi connectivity index (χ1) is 11.7. The molecule has 0 bridgehead atoms. The van der Waals surface area contributed by atoms with Crippen molar-refractivity contribution >= 4 is 30.7 Å². The van der Waals surface area contributed by atoms with E-state index in [1.165, 1.54) is 27.4 Å². The van der Waals surface area contributed by atoms with E-state index >= 15 is 0 Å². The highest BCUT2D eigenvalue weighted by atomic mass is 31.1. The minimum Gasteiger partial charge on any atom is -0.497 e. The van der Waals surface area contributed by atoms with E-state index in [0.29, 0.717) is 8.88 Å². The van der Waals surface area contributed by atoms with E-state index in [-0.39, 0.29) is 0 Å². The standard InChI is InChI=1S/C19H19N2O2P/c1-13-12-21(19-7-5-16(23-3)11-17(13)19)24-20-9-8-14-10-15(22-2)4-6-18(14)20/h4-12,24H,1-3H3. The van der Waals surface area contributed by atoms with Crippen molar-refractivity contribution in [2.45, 2.75) is 6.92 Å². The molecule has 5 heteroatoms. The van der Waals surface area contributed by atoms with Crippen LogP contribution in [0, 0.1) is 6.92 Å². The van der Waals surface area contributed by atoms with Crippen LogP contribution < -0.4 is 9.47 Å². The van der Waals surface area contributed by atoms with Crippen molar-refractivity contribution in [1.29, 1.82) is 0 Å². The number of hydrogen-bond acceptors (Lipinski definition) is 2. The first-order valence-corrected chi connectivity index (χ1v) is 8.67. The van der Waals surface area contributed by atoms with Crippen LogP contribution in [0.4, 0.5) is 0 Å². The number of rotatable bonds is 4. The van der Waals surface area contributed by atoms with Crippen LogP contribution >= 0.6 is 8.88 Å². The monoisotopic (exact) mass is 338 g/mol. The van der Waals surface area contributed by atoms with Gasteiger partial charge in [0.25, 0.3) is 0 Å². The molecule has 4 aromatic rings. The lowest BCUT2D eigenvalue weighted by molar-refractivity contribution is 0.415. The van der Waals surface area contributed by atoms with Crippen LogP contribution in [0.25, 0.3) is 21.8 Å². The van der Waals surface area contributed by atoms with Crippen molar-refractivity contribution in [2.24, 2.45) is 0 Å². The van der Waals surface area contributed by atoms with Gasteiger partial charge in [0.1, 0.15) is 11.5 Å². The molecule has 0 aliphatic carbocycles. The largest absolute Gasteiger partial charge is 0.497 e. The zero-order chi connectivity index (χ0) is 16.7. The Labute approximate surface area is 142 Å². The van der Waals surface area contributed by atoms with Crippen LogP contribution in [-0.2, 0) is 0 Å². The molecule has 0 saturated heterocycles. The van der Waals surface area contributed by atoms with Gasteiger partial charge in [-0.25, -0.2) is 0 Å². The van der Waals surface area contributed by atoms with Crippen LogP contribution in [0.1, 0.15) is 5.56 Å². The third-order valence-electron chi connectivity index (χ3n) is 4.32. The van der Waals surface area contributed by atoms with E-state index in [1.807, 2.05) is 12.1 Å². The van der Waals surface area contributed by atoms with Gasteiger partial charge in [-0.15, -0.1) is 0 Å². The summed E-state index contributed by atoms with van der Waals surface area (Å²) in [4.78, 5) is 0. The van der Waals surface area contributed by atoms with E-state index in [9.17, 15) is 0 Å². The number of hydrogen-bond donors (Lipinski definition) is 0. The SMILES string of the molecule is COc1ccc2c(ccn2Pn2cc(C)c3cc(OC)ccc32)c1. The van der Waals surface area contributed by atoms with Crippen LogP contribution in [0.15, 0.2) is 54.9 Å². The van der Waals surface area contributed by atoms with Gasteiger partial charge in [0.05, 0.1) is 34.1 Å². The average molecular weight is 338 g/mol. The minimum atomic E-state index is 0.476. The van der Waals surface area contributed by atoms with Gasteiger partial charge in [0, 0.05) is 23.2 Å². The average Bonchev–Trinajstić information content (AvgIpc) is 3.16. The summed E-state index contributed by atoms with van der Waals surface area (Å²) in [6.45, 7) is 2.14. The first-order valence-electron chi connectivity index (χ1n) is 7.77. The molecular formula is C19H19N2O2P. The molecule has 1 unspecified atom stereocenters. The van der Waals surface area contributed by atoms with E-state index in [4.69, 9.17) is 9.47 Å². The maximum Gasteiger partial charge on any atom is 0.119 e. The summed E-state index contributed by atoms with van der Waals surface area (Å²) in [5.74, 6) is 1.78. The van der Waals surface area contributed by atoms with Crippen LogP contribution in [0.5, 0.6) is 11.5 Å². The number of aryl methyl sites for hydroxylation is 1. The molecule has 0 aliphatic rings. The highest BCUT2D eigenvalue weighted by Gasteiger charge is 2.09. The summed E-state index contributed by atoms with van der Waals surface area (Å²) in [6.07, 6.45) is 4.34. The molecule has 0 fully saturated rings. The quantitative estimate of drug-likeness (QED) is 0.499. The third kappa shape index (κ3) is 2.44. The van der Waals surface area contributed by atoms with Crippen molar-refractivity contribution in [3.8, 4) is 11.5 Å². The third-order valence-corrected chi connectivity index (χ3v) is 5.51. The van der Waals surface area contributed by atoms with Gasteiger partial charge in [-0.3, -0.25) is 0 Å². The maximum atomic E-state index is 5.35. The summed E-state index contributed by atoms with van der Waals surface area (Å²) in [6, 6.07) is 14.6. The number of fused-ring (bicyclic) bond motifs is 2. The number of benzene rings is 2. The fraction of sp³-hybridized carbons (Fsp3) is 0.158. The highest BCUT2D eigenvalue weighted by Crippen LogP contribution is 2.34. The number of aromatic nitrogens is 2. The predicted octanol–water partition coefficient (Wildman–Crippen LogP) is 4.83. The number of ether oxygens (including phenoxy) is 2. The van der Waals surface area contributed by atoms with Gasteiger partial charge in [-0.1, -0.05) is 0 Å². The molecule has 4 nitrogen and oxygen atoms in total. The Bertz CT molecular complexity index is 1030. The molecule has 2 aromatic carbocycles. The van der Waals surface area contributed by atoms with Crippen molar-refractivity contribution in [2.75, 3.05) is 14.2 Å². The van der Waals surface area contributed by atoms with Gasteiger partial charge >= 0.3 is 0 Å². The molecule has 0 saturated carbocycles. The van der Waals surface area contributed by atoms with Crippen molar-refractivity contribution in [3.63, 3.8) is 0 Å². The highest BCUT2D eigenvalue weighted by molar-refractivity contribution is 7.35. The number of nitrogens with zero attached hydrogens (tertiary/aromatic N) is 2. The van der Waals surface area contributed by atoms with Gasteiger partial charge in [-0.2, -0.15) is 0 Å². The van der Waals surface area contributed by atoms with Gasteiger partial charge in [0.2, 0.25) is 0 Å². The molecule has 0 amide bonds. The molecule has 1 atom stereocenters. The molecule has 2 aromatic heterocycles. The lowest BCUT2D eigenvalue weighted by atomic mass is 10.2. The summed E-state index contributed by atoms with van der Waals surface area (Å²) in [7, 11) is 3.88. The second-order valence-electron chi connectivity index (χ2n) is 5.78. The van der Waals surface area contributed by atoms with Crippen LogP contribution in [-0.4, -0.2) is 22.9 Å². The molecular weight excluding hydrogens is 319 g/mol. The van der Waals surface area contributed by atoms with E-state index in [0.717, 1.165) is 11.5 Å². The summed E-state index contributed by atoms with van der Waals surface area (Å²) in [5.41, 5.74) is 3.69. The molecule has 0 N–H and O–H groups in total. The van der Waals surface area contributed by atoms with E-state index in [1.54, 1.807) is 14.2 Å². The van der Waals surface area contributed by atoms with E-state index in [2.05, 4.69) is 58.3 Å². The fourth-order valence-corrected chi connectivity index (χ4v) is 4.27. The molecule has 2 heterocycles. The summed E-state index contributed by atoms with van der Waals surface area (Å²) < 4.78 is 15.2. The molecule has 0 aliphatic heterocycles. The van der Waals surface area contributed by atoms with Gasteiger partial charge in [-0.05, 0) is 55.0 Å². The van der Waals surface area contributed by atoms with Crippen molar-refractivity contribution in [1.82, 2.24) is 8.68 Å². The first kappa shape index (κ1) is 15.1. The molecule has 0 radical (unpaired) electrons. The Morgan fingerprint density at radius 3 is 2.29 bits per heavy atom. The Morgan fingerprint density at radius 1 is 0.833 bits per heavy atom. The normalized spacial score (nSPS) is 11.8. The lowest BCUT2D eigenvalue weighted by Gasteiger charge is -2.09. The van der Waals surface area contributed by atoms with Crippen molar-refractivity contribution in [3.05, 3.63) is 60.4 Å². The Hall–Kier alpha value is -2.45. The molecule has 24 heavy (non-hydrogen) atoms. The van der Waals surface area contributed by atoms with Gasteiger partial charge in [0.15, 0.2) is 0 Å². The fourth-order valence-electron chi connectivity index (χ4n) is 3.03. The zero-order valence-electron chi connectivity index (χ0n) is 13.9. The molecule has 4 rings (SSSR count). The topological polar surface area (TPSA) is 28.3 Å². The summed E-state index contributed by atoms with van der Waals surface area (Å²) >= 11 is 0. The molecule has 0 spiro atoms. The lowest BCUT2D eigenvalue weighted by Crippen LogP contribution is -1.89. The maximum absolute atomic E-state index is 5.35. The second kappa shape index (κ2) is 5.88. The zero-order valence-corrected chi connectivity index (χ0v) is 14.9.